The minimum atomic E-state index is -1.13. The SMILES string of the molecule is N#CCCN(Cc1cccnc1)C(=O)COCC(=O)O. The molecule has 0 aromatic carbocycles. The van der Waals surface area contributed by atoms with Gasteiger partial charge in [0, 0.05) is 25.5 Å². The maximum absolute atomic E-state index is 11.9. The average Bonchev–Trinajstić information content (AvgIpc) is 2.44. The molecule has 1 heterocycles. The second-order valence-electron chi connectivity index (χ2n) is 3.97. The van der Waals surface area contributed by atoms with Gasteiger partial charge in [-0.25, -0.2) is 4.79 Å². The maximum atomic E-state index is 11.9. The third-order valence-electron chi connectivity index (χ3n) is 2.39. The predicted octanol–water partition coefficient (Wildman–Crippen LogP) is 0.425. The molecule has 20 heavy (non-hydrogen) atoms. The summed E-state index contributed by atoms with van der Waals surface area (Å²) in [5.74, 6) is -1.49. The smallest absolute Gasteiger partial charge is 0.329 e. The number of carbonyl (C=O) groups excluding carboxylic acids is 1. The molecule has 0 spiro atoms. The summed E-state index contributed by atoms with van der Waals surface area (Å²) in [7, 11) is 0. The van der Waals surface area contributed by atoms with Crippen molar-refractivity contribution < 1.29 is 19.4 Å². The molecule has 0 saturated carbocycles. The van der Waals surface area contributed by atoms with Gasteiger partial charge in [-0.1, -0.05) is 6.07 Å². The van der Waals surface area contributed by atoms with Crippen LogP contribution in [0, 0.1) is 11.3 Å². The highest BCUT2D eigenvalue weighted by molar-refractivity contribution is 5.78. The van der Waals surface area contributed by atoms with Crippen LogP contribution in [0.4, 0.5) is 0 Å². The molecule has 0 unspecified atom stereocenters. The van der Waals surface area contributed by atoms with E-state index in [0.717, 1.165) is 5.56 Å². The van der Waals surface area contributed by atoms with Gasteiger partial charge in [0.15, 0.2) is 0 Å². The Morgan fingerprint density at radius 2 is 2.25 bits per heavy atom. The Morgan fingerprint density at radius 1 is 1.45 bits per heavy atom. The topological polar surface area (TPSA) is 104 Å². The van der Waals surface area contributed by atoms with Crippen molar-refractivity contribution in [2.75, 3.05) is 19.8 Å². The van der Waals surface area contributed by atoms with Gasteiger partial charge in [0.1, 0.15) is 13.2 Å². The third-order valence-corrected chi connectivity index (χ3v) is 2.39. The van der Waals surface area contributed by atoms with E-state index in [1.54, 1.807) is 18.5 Å². The van der Waals surface area contributed by atoms with Gasteiger partial charge in [0.25, 0.3) is 0 Å². The van der Waals surface area contributed by atoms with Gasteiger partial charge in [-0.3, -0.25) is 9.78 Å². The minimum absolute atomic E-state index is 0.199. The summed E-state index contributed by atoms with van der Waals surface area (Å²) in [6.45, 7) is -0.270. The first-order valence-electron chi connectivity index (χ1n) is 5.96. The van der Waals surface area contributed by atoms with Crippen molar-refractivity contribution in [2.45, 2.75) is 13.0 Å². The summed E-state index contributed by atoms with van der Waals surface area (Å²) in [5, 5.41) is 17.0. The summed E-state index contributed by atoms with van der Waals surface area (Å²) >= 11 is 0. The summed E-state index contributed by atoms with van der Waals surface area (Å²) in [4.78, 5) is 27.6. The van der Waals surface area contributed by atoms with Crippen LogP contribution in [0.2, 0.25) is 0 Å². The number of hydrogen-bond acceptors (Lipinski definition) is 5. The fourth-order valence-corrected chi connectivity index (χ4v) is 1.51. The molecule has 0 aliphatic heterocycles. The van der Waals surface area contributed by atoms with Crippen LogP contribution in [-0.2, 0) is 20.9 Å². The van der Waals surface area contributed by atoms with E-state index in [1.165, 1.54) is 4.90 Å². The molecule has 0 radical (unpaired) electrons. The standard InChI is InChI=1S/C13H15N3O4/c14-4-2-6-16(8-11-3-1-5-15-7-11)12(17)9-20-10-13(18)19/h1,3,5,7H,2,6,8-10H2,(H,18,19). The van der Waals surface area contributed by atoms with E-state index in [4.69, 9.17) is 15.1 Å². The van der Waals surface area contributed by atoms with Gasteiger partial charge in [-0.05, 0) is 11.6 Å². The molecule has 1 amide bonds. The van der Waals surface area contributed by atoms with Crippen LogP contribution in [0.25, 0.3) is 0 Å². The number of aliphatic carboxylic acids is 1. The van der Waals surface area contributed by atoms with E-state index < -0.39 is 12.6 Å². The van der Waals surface area contributed by atoms with E-state index in [-0.39, 0.29) is 25.5 Å². The van der Waals surface area contributed by atoms with E-state index in [9.17, 15) is 9.59 Å². The number of ether oxygens (including phenoxy) is 1. The van der Waals surface area contributed by atoms with E-state index in [0.29, 0.717) is 6.54 Å². The van der Waals surface area contributed by atoms with Crippen molar-refractivity contribution in [2.24, 2.45) is 0 Å². The first kappa shape index (κ1) is 15.6. The number of amides is 1. The van der Waals surface area contributed by atoms with E-state index >= 15 is 0 Å². The van der Waals surface area contributed by atoms with Crippen LogP contribution < -0.4 is 0 Å². The Bertz CT molecular complexity index is 484. The second-order valence-corrected chi connectivity index (χ2v) is 3.97. The summed E-state index contributed by atoms with van der Waals surface area (Å²) < 4.78 is 4.77. The highest BCUT2D eigenvalue weighted by atomic mass is 16.5. The van der Waals surface area contributed by atoms with E-state index in [2.05, 4.69) is 4.98 Å². The molecule has 1 aromatic heterocycles. The fraction of sp³-hybridized carbons (Fsp3) is 0.385. The van der Waals surface area contributed by atoms with Gasteiger partial charge in [-0.15, -0.1) is 0 Å². The predicted molar refractivity (Wildman–Crippen MR) is 68.3 cm³/mol. The van der Waals surface area contributed by atoms with Crippen LogP contribution >= 0.6 is 0 Å². The molecule has 7 heteroatoms. The monoisotopic (exact) mass is 277 g/mol. The molecular weight excluding hydrogens is 262 g/mol. The van der Waals surface area contributed by atoms with Gasteiger partial charge < -0.3 is 14.7 Å². The maximum Gasteiger partial charge on any atom is 0.329 e. The quantitative estimate of drug-likeness (QED) is 0.738. The molecule has 7 nitrogen and oxygen atoms in total. The first-order valence-corrected chi connectivity index (χ1v) is 5.96. The fourth-order valence-electron chi connectivity index (χ4n) is 1.51. The van der Waals surface area contributed by atoms with E-state index in [1.807, 2.05) is 12.1 Å². The lowest BCUT2D eigenvalue weighted by Crippen LogP contribution is -2.34. The number of pyridine rings is 1. The lowest BCUT2D eigenvalue weighted by atomic mass is 10.2. The Balaban J connectivity index is 2.56. The Kier molecular flexibility index (Phi) is 6.71. The number of carboxylic acid groups (broad SMARTS) is 1. The van der Waals surface area contributed by atoms with Crippen molar-refractivity contribution in [1.82, 2.24) is 9.88 Å². The van der Waals surface area contributed by atoms with Crippen LogP contribution in [-0.4, -0.2) is 46.6 Å². The molecule has 0 aliphatic carbocycles. The number of aromatic nitrogens is 1. The first-order chi connectivity index (χ1) is 9.63. The van der Waals surface area contributed by atoms with Gasteiger partial charge in [0.05, 0.1) is 12.5 Å². The van der Waals surface area contributed by atoms with Crippen LogP contribution in [0.15, 0.2) is 24.5 Å². The van der Waals surface area contributed by atoms with Crippen LogP contribution in [0.5, 0.6) is 0 Å². The Labute approximate surface area is 116 Å². The molecule has 0 aliphatic rings. The lowest BCUT2D eigenvalue weighted by molar-refractivity contribution is -0.146. The summed E-state index contributed by atoms with van der Waals surface area (Å²) in [6, 6.07) is 5.54. The van der Waals surface area contributed by atoms with Crippen molar-refractivity contribution in [1.29, 1.82) is 5.26 Å². The minimum Gasteiger partial charge on any atom is -0.480 e. The van der Waals surface area contributed by atoms with Crippen molar-refractivity contribution in [3.63, 3.8) is 0 Å². The van der Waals surface area contributed by atoms with Gasteiger partial charge in [0.2, 0.25) is 5.91 Å². The molecular formula is C13H15N3O4. The number of carbonyl (C=O) groups is 2. The zero-order valence-electron chi connectivity index (χ0n) is 10.9. The molecule has 1 rings (SSSR count). The van der Waals surface area contributed by atoms with Gasteiger partial charge >= 0.3 is 5.97 Å². The molecule has 0 atom stereocenters. The van der Waals surface area contributed by atoms with Crippen molar-refractivity contribution in [3.05, 3.63) is 30.1 Å². The molecule has 1 N–H and O–H groups in total. The number of rotatable bonds is 8. The number of carboxylic acids is 1. The molecule has 0 bridgehead atoms. The zero-order valence-corrected chi connectivity index (χ0v) is 10.9. The van der Waals surface area contributed by atoms with Crippen molar-refractivity contribution >= 4 is 11.9 Å². The highest BCUT2D eigenvalue weighted by Crippen LogP contribution is 2.04. The lowest BCUT2D eigenvalue weighted by Gasteiger charge is -2.21. The van der Waals surface area contributed by atoms with Crippen molar-refractivity contribution in [3.8, 4) is 6.07 Å². The largest absolute Gasteiger partial charge is 0.480 e. The zero-order chi connectivity index (χ0) is 14.8. The van der Waals surface area contributed by atoms with Gasteiger partial charge in [-0.2, -0.15) is 5.26 Å². The van der Waals surface area contributed by atoms with Crippen LogP contribution in [0.3, 0.4) is 0 Å². The summed E-state index contributed by atoms with van der Waals surface area (Å²) in [5.41, 5.74) is 0.831. The number of hydrogen-bond donors (Lipinski definition) is 1. The highest BCUT2D eigenvalue weighted by Gasteiger charge is 2.14. The summed E-state index contributed by atoms with van der Waals surface area (Å²) in [6.07, 6.45) is 3.45. The Hall–Kier alpha value is -2.46. The molecule has 1 aromatic rings. The second kappa shape index (κ2) is 8.61. The number of nitrogens with zero attached hydrogens (tertiary/aromatic N) is 3. The average molecular weight is 277 g/mol. The number of nitriles is 1. The molecule has 0 saturated heterocycles. The Morgan fingerprint density at radius 3 is 2.85 bits per heavy atom. The normalized spacial score (nSPS) is 9.75. The van der Waals surface area contributed by atoms with Crippen LogP contribution in [0.1, 0.15) is 12.0 Å². The molecule has 0 fully saturated rings. The third kappa shape index (κ3) is 5.93. The molecule has 106 valence electrons.